The third-order valence-corrected chi connectivity index (χ3v) is 0.608. The van der Waals surface area contributed by atoms with Gasteiger partial charge in [0.05, 0.1) is 6.08 Å². The maximum absolute atomic E-state index is 9.48. The molecule has 42 valence electrons. The second-order valence-corrected chi connectivity index (χ2v) is 1.33. The van der Waals surface area contributed by atoms with E-state index >= 15 is 0 Å². The smallest absolute Gasteiger partial charge is 0.133 e. The largest absolute Gasteiger partial charge is 0.233 e. The highest BCUT2D eigenvalue weighted by Crippen LogP contribution is 1.79. The first kappa shape index (κ1) is 7.01. The average molecular weight is 108 g/mol. The van der Waals surface area contributed by atoms with Crippen LogP contribution in [0.3, 0.4) is 0 Å². The van der Waals surface area contributed by atoms with Crippen molar-refractivity contribution in [1.29, 1.82) is 0 Å². The van der Waals surface area contributed by atoms with Crippen molar-refractivity contribution in [1.82, 2.24) is 0 Å². The normalized spacial score (nSPS) is 6.12. The fourth-order valence-corrected chi connectivity index (χ4v) is 0.278. The van der Waals surface area contributed by atoms with E-state index in [2.05, 4.69) is 11.8 Å². The van der Waals surface area contributed by atoms with Crippen LogP contribution in [-0.4, -0.2) is 5.94 Å². The van der Waals surface area contributed by atoms with Crippen LogP contribution in [0.5, 0.6) is 0 Å². The molecule has 0 aliphatic carbocycles. The quantitative estimate of drug-likeness (QED) is 0.364. The summed E-state index contributed by atoms with van der Waals surface area (Å²) in [5, 5.41) is 0. The van der Waals surface area contributed by atoms with E-state index in [1.165, 1.54) is 6.08 Å². The minimum atomic E-state index is 0.859. The Labute approximate surface area is 49.4 Å². The van der Waals surface area contributed by atoms with Gasteiger partial charge in [0.1, 0.15) is 5.94 Å². The predicted octanol–water partition coefficient (Wildman–Crippen LogP) is 1.18. The Morgan fingerprint density at radius 2 is 2.38 bits per heavy atom. The SMILES string of the molecule is CCCC#CC=C=O. The molecular weight excluding hydrogens is 100 g/mol. The summed E-state index contributed by atoms with van der Waals surface area (Å²) in [5.74, 6) is 6.88. The van der Waals surface area contributed by atoms with Crippen LogP contribution >= 0.6 is 0 Å². The minimum absolute atomic E-state index is 0.859. The van der Waals surface area contributed by atoms with Crippen molar-refractivity contribution in [3.63, 3.8) is 0 Å². The average Bonchev–Trinajstić information content (AvgIpc) is 1.81. The molecule has 0 aromatic rings. The first-order valence-corrected chi connectivity index (χ1v) is 2.59. The van der Waals surface area contributed by atoms with Gasteiger partial charge >= 0.3 is 0 Å². The van der Waals surface area contributed by atoms with Crippen LogP contribution in [0.2, 0.25) is 0 Å². The van der Waals surface area contributed by atoms with Crippen molar-refractivity contribution in [3.05, 3.63) is 6.08 Å². The highest BCUT2D eigenvalue weighted by atomic mass is 16.1. The van der Waals surface area contributed by atoms with Crippen LogP contribution in [-0.2, 0) is 4.79 Å². The lowest BCUT2D eigenvalue weighted by Crippen LogP contribution is -1.59. The first-order chi connectivity index (χ1) is 3.91. The lowest BCUT2D eigenvalue weighted by atomic mass is 10.3. The van der Waals surface area contributed by atoms with Crippen molar-refractivity contribution in [2.75, 3.05) is 0 Å². The second kappa shape index (κ2) is 6.01. The van der Waals surface area contributed by atoms with Gasteiger partial charge in [-0.1, -0.05) is 18.8 Å². The van der Waals surface area contributed by atoms with E-state index in [1.807, 2.05) is 6.92 Å². The van der Waals surface area contributed by atoms with Gasteiger partial charge < -0.3 is 0 Å². The summed E-state index contributed by atoms with van der Waals surface area (Å²) in [6, 6.07) is 0. The summed E-state index contributed by atoms with van der Waals surface area (Å²) in [7, 11) is 0. The predicted molar refractivity (Wildman–Crippen MR) is 32.9 cm³/mol. The summed E-state index contributed by atoms with van der Waals surface area (Å²) in [6.07, 6.45) is 3.09. The summed E-state index contributed by atoms with van der Waals surface area (Å²) in [4.78, 5) is 9.48. The molecule has 1 nitrogen and oxygen atoms in total. The van der Waals surface area contributed by atoms with E-state index in [0.29, 0.717) is 0 Å². The van der Waals surface area contributed by atoms with Crippen LogP contribution < -0.4 is 0 Å². The third-order valence-electron chi connectivity index (χ3n) is 0.608. The summed E-state index contributed by atoms with van der Waals surface area (Å²) >= 11 is 0. The second-order valence-electron chi connectivity index (χ2n) is 1.33. The van der Waals surface area contributed by atoms with Gasteiger partial charge in [0, 0.05) is 6.42 Å². The fraction of sp³-hybridized carbons (Fsp3) is 0.429. The standard InChI is InChI=1S/C7H8O/c1-2-3-4-5-6-7-8/h6H,2-3H2,1H3. The summed E-state index contributed by atoms with van der Waals surface area (Å²) < 4.78 is 0. The van der Waals surface area contributed by atoms with Gasteiger partial charge in [0.2, 0.25) is 0 Å². The van der Waals surface area contributed by atoms with Gasteiger partial charge in [0.15, 0.2) is 0 Å². The van der Waals surface area contributed by atoms with Gasteiger partial charge in [-0.25, -0.2) is 4.79 Å². The molecule has 0 bridgehead atoms. The lowest BCUT2D eigenvalue weighted by molar-refractivity contribution is 0.569. The molecule has 0 saturated heterocycles. The third kappa shape index (κ3) is 5.01. The fourth-order valence-electron chi connectivity index (χ4n) is 0.278. The molecule has 0 atom stereocenters. The minimum Gasteiger partial charge on any atom is -0.233 e. The molecule has 0 amide bonds. The zero-order valence-electron chi connectivity index (χ0n) is 4.90. The summed E-state index contributed by atoms with van der Waals surface area (Å²) in [5.41, 5.74) is 0. The Morgan fingerprint density at radius 3 is 2.88 bits per heavy atom. The lowest BCUT2D eigenvalue weighted by Gasteiger charge is -1.71. The van der Waals surface area contributed by atoms with E-state index in [0.717, 1.165) is 12.8 Å². The maximum atomic E-state index is 9.48. The monoisotopic (exact) mass is 108 g/mol. The molecule has 0 radical (unpaired) electrons. The molecular formula is C7H8O. The van der Waals surface area contributed by atoms with Crippen molar-refractivity contribution < 1.29 is 4.79 Å². The zero-order valence-corrected chi connectivity index (χ0v) is 4.90. The molecule has 0 fully saturated rings. The van der Waals surface area contributed by atoms with Crippen LogP contribution in [0.4, 0.5) is 0 Å². The Morgan fingerprint density at radius 1 is 1.62 bits per heavy atom. The highest BCUT2D eigenvalue weighted by Gasteiger charge is 1.65. The number of allylic oxidation sites excluding steroid dienone is 1. The number of rotatable bonds is 1. The number of unbranched alkanes of at least 4 members (excludes halogenated alkanes) is 1. The summed E-state index contributed by atoms with van der Waals surface area (Å²) in [6.45, 7) is 2.04. The molecule has 0 aliphatic rings. The number of hydrogen-bond donors (Lipinski definition) is 0. The van der Waals surface area contributed by atoms with Crippen molar-refractivity contribution in [2.45, 2.75) is 19.8 Å². The molecule has 0 spiro atoms. The molecule has 0 saturated carbocycles. The van der Waals surface area contributed by atoms with E-state index in [4.69, 9.17) is 0 Å². The topological polar surface area (TPSA) is 17.1 Å². The highest BCUT2D eigenvalue weighted by molar-refractivity contribution is 5.51. The van der Waals surface area contributed by atoms with E-state index in [9.17, 15) is 4.79 Å². The molecule has 0 aromatic heterocycles. The van der Waals surface area contributed by atoms with Crippen LogP contribution in [0, 0.1) is 11.8 Å². The van der Waals surface area contributed by atoms with Gasteiger partial charge in [-0.2, -0.15) is 0 Å². The zero-order chi connectivity index (χ0) is 6.24. The Kier molecular flexibility index (Phi) is 5.27. The molecule has 1 heteroatoms. The van der Waals surface area contributed by atoms with Gasteiger partial charge in [-0.15, -0.1) is 0 Å². The molecule has 0 aliphatic heterocycles. The first-order valence-electron chi connectivity index (χ1n) is 2.59. The van der Waals surface area contributed by atoms with Gasteiger partial charge in [0.25, 0.3) is 0 Å². The molecule has 0 rings (SSSR count). The van der Waals surface area contributed by atoms with Gasteiger partial charge in [-0.3, -0.25) is 0 Å². The van der Waals surface area contributed by atoms with Crippen LogP contribution in [0.15, 0.2) is 6.08 Å². The van der Waals surface area contributed by atoms with Crippen molar-refractivity contribution >= 4 is 5.94 Å². The molecule has 0 unspecified atom stereocenters. The molecule has 0 aromatic carbocycles. The molecule has 0 N–H and O–H groups in total. The van der Waals surface area contributed by atoms with Crippen LogP contribution in [0.25, 0.3) is 0 Å². The van der Waals surface area contributed by atoms with E-state index < -0.39 is 0 Å². The maximum Gasteiger partial charge on any atom is 0.133 e. The van der Waals surface area contributed by atoms with E-state index in [1.54, 1.807) is 5.94 Å². The van der Waals surface area contributed by atoms with E-state index in [-0.39, 0.29) is 0 Å². The van der Waals surface area contributed by atoms with Gasteiger partial charge in [-0.05, 0) is 6.42 Å². The Bertz CT molecular complexity index is 142. The Balaban J connectivity index is 3.35. The number of hydrogen-bond acceptors (Lipinski definition) is 1. The molecule has 8 heavy (non-hydrogen) atoms. The number of carbonyl (C=O) groups excluding carboxylic acids is 1. The Hall–Kier alpha value is -0.990. The van der Waals surface area contributed by atoms with Crippen molar-refractivity contribution in [3.8, 4) is 11.8 Å². The van der Waals surface area contributed by atoms with Crippen LogP contribution in [0.1, 0.15) is 19.8 Å². The molecule has 0 heterocycles. The van der Waals surface area contributed by atoms with Crippen molar-refractivity contribution in [2.24, 2.45) is 0 Å².